The largest absolute Gasteiger partial charge is 0.496 e. The minimum atomic E-state index is -0.629. The number of aromatic nitrogens is 2. The number of anilines is 2. The number of methoxy groups -OCH3 is 1. The topological polar surface area (TPSA) is 56.3 Å². The van der Waals surface area contributed by atoms with E-state index in [0.29, 0.717) is 18.8 Å². The molecule has 3 aromatic rings. The predicted octanol–water partition coefficient (Wildman–Crippen LogP) is 4.71. The van der Waals surface area contributed by atoms with Crippen molar-refractivity contribution in [1.82, 2.24) is 9.97 Å². The zero-order chi connectivity index (χ0) is 19.2. The van der Waals surface area contributed by atoms with E-state index in [1.165, 1.54) is 25.3 Å². The van der Waals surface area contributed by atoms with E-state index >= 15 is 0 Å². The molecule has 0 amide bonds. The number of rotatable bonds is 7. The van der Waals surface area contributed by atoms with E-state index in [9.17, 15) is 8.78 Å². The first kappa shape index (κ1) is 18.7. The van der Waals surface area contributed by atoms with Crippen LogP contribution in [0.3, 0.4) is 0 Å². The molecule has 2 aromatic carbocycles. The lowest BCUT2D eigenvalue weighted by Gasteiger charge is -2.11. The lowest BCUT2D eigenvalue weighted by Crippen LogP contribution is -2.02. The van der Waals surface area contributed by atoms with Gasteiger partial charge in [-0.3, -0.25) is 0 Å². The molecular weight excluding hydrogens is 352 g/mol. The molecule has 0 bridgehead atoms. The Balaban J connectivity index is 1.90. The third-order valence-corrected chi connectivity index (χ3v) is 3.82. The van der Waals surface area contributed by atoms with Crippen molar-refractivity contribution < 1.29 is 18.3 Å². The molecular formula is C20H19F2N3O2. The van der Waals surface area contributed by atoms with Gasteiger partial charge < -0.3 is 14.8 Å². The molecule has 0 fully saturated rings. The quantitative estimate of drug-likeness (QED) is 0.652. The van der Waals surface area contributed by atoms with Crippen molar-refractivity contribution in [3.63, 3.8) is 0 Å². The monoisotopic (exact) mass is 371 g/mol. The zero-order valence-electron chi connectivity index (χ0n) is 15.0. The van der Waals surface area contributed by atoms with Gasteiger partial charge in [0.25, 0.3) is 0 Å². The van der Waals surface area contributed by atoms with Gasteiger partial charge in [0.05, 0.1) is 19.9 Å². The van der Waals surface area contributed by atoms with Gasteiger partial charge in [-0.05, 0) is 36.8 Å². The van der Waals surface area contributed by atoms with Crippen LogP contribution < -0.4 is 10.1 Å². The van der Waals surface area contributed by atoms with Crippen LogP contribution in [0.2, 0.25) is 0 Å². The fourth-order valence-corrected chi connectivity index (χ4v) is 2.56. The summed E-state index contributed by atoms with van der Waals surface area (Å²) in [5.74, 6) is -0.700. The van der Waals surface area contributed by atoms with E-state index in [1.807, 2.05) is 31.2 Å². The Labute approximate surface area is 156 Å². The standard InChI is InChI=1S/C20H19F2N3O2/c1-3-27-12-13-5-4-6-15(9-13)24-20-23-11-17(22)19(25-20)16-8-7-14(21)10-18(16)26-2/h4-11H,3,12H2,1-2H3,(H,23,24,25). The minimum absolute atomic E-state index is 0.0230. The molecule has 5 nitrogen and oxygen atoms in total. The Morgan fingerprint density at radius 3 is 2.74 bits per heavy atom. The molecule has 1 N–H and O–H groups in total. The maximum atomic E-state index is 14.3. The van der Waals surface area contributed by atoms with Crippen LogP contribution in [0.1, 0.15) is 12.5 Å². The van der Waals surface area contributed by atoms with Gasteiger partial charge in [-0.1, -0.05) is 12.1 Å². The van der Waals surface area contributed by atoms with E-state index in [-0.39, 0.29) is 17.4 Å². The van der Waals surface area contributed by atoms with Crippen LogP contribution in [-0.4, -0.2) is 23.7 Å². The third-order valence-electron chi connectivity index (χ3n) is 3.82. The number of nitrogens with one attached hydrogen (secondary N) is 1. The molecule has 0 aliphatic heterocycles. The number of benzene rings is 2. The van der Waals surface area contributed by atoms with Crippen LogP contribution in [0.25, 0.3) is 11.3 Å². The van der Waals surface area contributed by atoms with Gasteiger partial charge in [-0.15, -0.1) is 0 Å². The lowest BCUT2D eigenvalue weighted by molar-refractivity contribution is 0.134. The van der Waals surface area contributed by atoms with E-state index in [4.69, 9.17) is 9.47 Å². The number of ether oxygens (including phenoxy) is 2. The SMILES string of the molecule is CCOCc1cccc(Nc2ncc(F)c(-c3ccc(F)cc3OC)n2)c1. The predicted molar refractivity (Wildman–Crippen MR) is 99.0 cm³/mol. The highest BCUT2D eigenvalue weighted by Gasteiger charge is 2.15. The normalized spacial score (nSPS) is 10.7. The van der Waals surface area contributed by atoms with Crippen molar-refractivity contribution in [1.29, 1.82) is 0 Å². The van der Waals surface area contributed by atoms with Gasteiger partial charge in [0.1, 0.15) is 17.3 Å². The number of hydrogen-bond donors (Lipinski definition) is 1. The van der Waals surface area contributed by atoms with Gasteiger partial charge in [0.2, 0.25) is 5.95 Å². The maximum Gasteiger partial charge on any atom is 0.227 e. The second-order valence-electron chi connectivity index (χ2n) is 5.70. The fraction of sp³-hybridized carbons (Fsp3) is 0.200. The van der Waals surface area contributed by atoms with Gasteiger partial charge in [0, 0.05) is 23.9 Å². The summed E-state index contributed by atoms with van der Waals surface area (Å²) >= 11 is 0. The summed E-state index contributed by atoms with van der Waals surface area (Å²) in [5.41, 5.74) is 2.10. The van der Waals surface area contributed by atoms with Crippen LogP contribution in [0, 0.1) is 11.6 Å². The molecule has 0 unspecified atom stereocenters. The van der Waals surface area contributed by atoms with E-state index in [0.717, 1.165) is 17.4 Å². The Hall–Kier alpha value is -3.06. The maximum absolute atomic E-state index is 14.3. The lowest BCUT2D eigenvalue weighted by atomic mass is 10.1. The molecule has 0 saturated heterocycles. The highest BCUT2D eigenvalue weighted by molar-refractivity contribution is 5.69. The average Bonchev–Trinajstić information content (AvgIpc) is 2.68. The third kappa shape index (κ3) is 4.57. The smallest absolute Gasteiger partial charge is 0.227 e. The molecule has 0 saturated carbocycles. The van der Waals surface area contributed by atoms with E-state index in [2.05, 4.69) is 15.3 Å². The molecule has 0 aliphatic carbocycles. The fourth-order valence-electron chi connectivity index (χ4n) is 2.56. The minimum Gasteiger partial charge on any atom is -0.496 e. The van der Waals surface area contributed by atoms with Crippen molar-refractivity contribution in [2.45, 2.75) is 13.5 Å². The summed E-state index contributed by atoms with van der Waals surface area (Å²) in [6.07, 6.45) is 1.07. The second-order valence-corrected chi connectivity index (χ2v) is 5.70. The molecule has 0 radical (unpaired) electrons. The summed E-state index contributed by atoms with van der Waals surface area (Å²) in [5, 5.41) is 3.05. The first-order valence-electron chi connectivity index (χ1n) is 8.41. The molecule has 0 atom stereocenters. The molecule has 0 spiro atoms. The van der Waals surface area contributed by atoms with Gasteiger partial charge in [-0.2, -0.15) is 0 Å². The average molecular weight is 371 g/mol. The number of hydrogen-bond acceptors (Lipinski definition) is 5. The highest BCUT2D eigenvalue weighted by Crippen LogP contribution is 2.31. The van der Waals surface area contributed by atoms with Crippen molar-refractivity contribution in [2.75, 3.05) is 19.0 Å². The van der Waals surface area contributed by atoms with E-state index < -0.39 is 11.6 Å². The highest BCUT2D eigenvalue weighted by atomic mass is 19.1. The van der Waals surface area contributed by atoms with Gasteiger partial charge in [-0.25, -0.2) is 18.7 Å². The summed E-state index contributed by atoms with van der Waals surface area (Å²) in [7, 11) is 1.39. The van der Waals surface area contributed by atoms with Crippen LogP contribution in [0.4, 0.5) is 20.4 Å². The Morgan fingerprint density at radius 1 is 1.11 bits per heavy atom. The molecule has 7 heteroatoms. The molecule has 140 valence electrons. The first-order valence-corrected chi connectivity index (χ1v) is 8.41. The second kappa shape index (κ2) is 8.55. The molecule has 1 heterocycles. The van der Waals surface area contributed by atoms with Crippen LogP contribution in [0.5, 0.6) is 5.75 Å². The summed E-state index contributed by atoms with van der Waals surface area (Å²) in [4.78, 5) is 8.22. The summed E-state index contributed by atoms with van der Waals surface area (Å²) < 4.78 is 38.3. The Bertz CT molecular complexity index is 935. The van der Waals surface area contributed by atoms with Crippen molar-refractivity contribution in [3.8, 4) is 17.0 Å². The van der Waals surface area contributed by atoms with Crippen molar-refractivity contribution in [2.24, 2.45) is 0 Å². The Morgan fingerprint density at radius 2 is 1.96 bits per heavy atom. The van der Waals surface area contributed by atoms with Crippen molar-refractivity contribution in [3.05, 3.63) is 65.9 Å². The summed E-state index contributed by atoms with van der Waals surface area (Å²) in [6, 6.07) is 11.4. The first-order chi connectivity index (χ1) is 13.1. The molecule has 3 rings (SSSR count). The van der Waals surface area contributed by atoms with Crippen molar-refractivity contribution >= 4 is 11.6 Å². The number of nitrogens with zero attached hydrogens (tertiary/aromatic N) is 2. The number of halogens is 2. The van der Waals surface area contributed by atoms with Gasteiger partial charge >= 0.3 is 0 Å². The molecule has 1 aromatic heterocycles. The van der Waals surface area contributed by atoms with Gasteiger partial charge in [0.15, 0.2) is 5.82 Å². The summed E-state index contributed by atoms with van der Waals surface area (Å²) in [6.45, 7) is 3.05. The zero-order valence-corrected chi connectivity index (χ0v) is 15.0. The Kier molecular flexibility index (Phi) is 5.93. The van der Waals surface area contributed by atoms with E-state index in [1.54, 1.807) is 0 Å². The van der Waals surface area contributed by atoms with Crippen LogP contribution in [-0.2, 0) is 11.3 Å². The molecule has 27 heavy (non-hydrogen) atoms. The van der Waals surface area contributed by atoms with Crippen LogP contribution in [0.15, 0.2) is 48.7 Å². The van der Waals surface area contributed by atoms with Crippen LogP contribution >= 0.6 is 0 Å². The molecule has 0 aliphatic rings.